The third kappa shape index (κ3) is 2.09. The van der Waals surface area contributed by atoms with E-state index in [2.05, 4.69) is 53.0 Å². The summed E-state index contributed by atoms with van der Waals surface area (Å²) < 4.78 is 2.33. The van der Waals surface area contributed by atoms with Crippen molar-refractivity contribution in [2.24, 2.45) is 0 Å². The summed E-state index contributed by atoms with van der Waals surface area (Å²) in [7, 11) is 2.25. The van der Waals surface area contributed by atoms with Crippen molar-refractivity contribution in [1.29, 1.82) is 0 Å². The minimum absolute atomic E-state index is 0.774. The van der Waals surface area contributed by atoms with Gasteiger partial charge in [0.25, 0.3) is 0 Å². The third-order valence-electron chi connectivity index (χ3n) is 3.96. The average molecular weight is 227 g/mol. The van der Waals surface area contributed by atoms with Gasteiger partial charge in [-0.3, -0.25) is 0 Å². The van der Waals surface area contributed by atoms with Gasteiger partial charge in [0, 0.05) is 35.8 Å². The number of likely N-dealkylation sites (tertiary alicyclic amines) is 1. The van der Waals surface area contributed by atoms with E-state index in [1.54, 1.807) is 0 Å². The van der Waals surface area contributed by atoms with Crippen molar-refractivity contribution in [1.82, 2.24) is 9.47 Å². The van der Waals surface area contributed by atoms with E-state index in [1.807, 2.05) is 0 Å². The molecule has 0 bridgehead atoms. The molecule has 2 nitrogen and oxygen atoms in total. The van der Waals surface area contributed by atoms with E-state index in [1.165, 1.54) is 36.7 Å². The van der Waals surface area contributed by atoms with Gasteiger partial charge >= 0.3 is 0 Å². The van der Waals surface area contributed by atoms with Crippen molar-refractivity contribution in [3.05, 3.63) is 36.5 Å². The number of aryl methyl sites for hydroxylation is 1. The molecule has 2 heterocycles. The molecule has 1 aliphatic heterocycles. The van der Waals surface area contributed by atoms with Crippen molar-refractivity contribution >= 4 is 10.9 Å². The lowest BCUT2D eigenvalue weighted by molar-refractivity contribution is 0.287. The lowest BCUT2D eigenvalue weighted by atomic mass is 10.1. The van der Waals surface area contributed by atoms with Crippen molar-refractivity contribution in [2.45, 2.75) is 31.8 Å². The number of benzene rings is 1. The first kappa shape index (κ1) is 10.8. The molecule has 0 saturated carbocycles. The van der Waals surface area contributed by atoms with Crippen LogP contribution in [-0.4, -0.2) is 29.1 Å². The van der Waals surface area contributed by atoms with E-state index < -0.39 is 0 Å². The Kier molecular flexibility index (Phi) is 2.89. The molecule has 2 aromatic rings. The summed E-state index contributed by atoms with van der Waals surface area (Å²) in [6.07, 6.45) is 6.07. The zero-order valence-corrected chi connectivity index (χ0v) is 10.4. The van der Waals surface area contributed by atoms with Crippen LogP contribution in [0.25, 0.3) is 10.9 Å². The fourth-order valence-electron chi connectivity index (χ4n) is 2.88. The molecule has 1 atom stereocenters. The van der Waals surface area contributed by atoms with Gasteiger partial charge in [-0.1, -0.05) is 18.2 Å². The molecule has 0 spiro atoms. The first-order valence-corrected chi connectivity index (χ1v) is 6.50. The molecule has 0 amide bonds. The molecule has 89 valence electrons. The first-order valence-electron chi connectivity index (χ1n) is 6.50. The van der Waals surface area contributed by atoms with Crippen LogP contribution in [0.15, 0.2) is 30.5 Å². The second-order valence-corrected chi connectivity index (χ2v) is 5.05. The van der Waals surface area contributed by atoms with E-state index >= 15 is 0 Å². The number of hydrogen-bond donors (Lipinski definition) is 0. The van der Waals surface area contributed by atoms with Gasteiger partial charge in [-0.25, -0.2) is 0 Å². The van der Waals surface area contributed by atoms with Crippen LogP contribution in [0.1, 0.15) is 19.3 Å². The maximum Gasteiger partial charge on any atom is 0.0486 e. The van der Waals surface area contributed by atoms with Gasteiger partial charge in [0.15, 0.2) is 0 Å². The molecule has 0 aliphatic carbocycles. The minimum atomic E-state index is 0.774. The van der Waals surface area contributed by atoms with Gasteiger partial charge in [-0.05, 0) is 38.9 Å². The van der Waals surface area contributed by atoms with E-state index in [-0.39, 0.29) is 0 Å². The predicted octanol–water partition coefficient (Wildman–Crippen LogP) is 2.93. The molecular formula is C15H19N2. The van der Waals surface area contributed by atoms with Gasteiger partial charge in [-0.2, -0.15) is 0 Å². The smallest absolute Gasteiger partial charge is 0.0486 e. The number of nitrogens with zero attached hydrogens (tertiary/aromatic N) is 2. The number of fused-ring (bicyclic) bond motifs is 1. The van der Waals surface area contributed by atoms with Crippen LogP contribution in [-0.2, 0) is 6.54 Å². The maximum atomic E-state index is 3.32. The van der Waals surface area contributed by atoms with Gasteiger partial charge in [0.2, 0.25) is 0 Å². The fraction of sp³-hybridized carbons (Fsp3) is 0.467. The Bertz CT molecular complexity index is 500. The van der Waals surface area contributed by atoms with Gasteiger partial charge in [-0.15, -0.1) is 0 Å². The Labute approximate surface area is 103 Å². The molecule has 3 rings (SSSR count). The molecule has 1 aliphatic rings. The van der Waals surface area contributed by atoms with E-state index in [0.29, 0.717) is 0 Å². The Morgan fingerprint density at radius 3 is 3.06 bits per heavy atom. The number of para-hydroxylation sites is 1. The van der Waals surface area contributed by atoms with Gasteiger partial charge in [0.1, 0.15) is 0 Å². The fourth-order valence-corrected chi connectivity index (χ4v) is 2.88. The molecule has 1 unspecified atom stereocenters. The molecule has 1 fully saturated rings. The Hall–Kier alpha value is -1.28. The largest absolute Gasteiger partial charge is 0.347 e. The van der Waals surface area contributed by atoms with Crippen LogP contribution in [0.3, 0.4) is 0 Å². The normalized spacial score (nSPS) is 21.4. The SMILES string of the molecule is CN1CCCC1CCn1c[c]c2ccccc21. The summed E-state index contributed by atoms with van der Waals surface area (Å²) in [6.45, 7) is 2.38. The standard InChI is InChI=1S/C15H19N2/c1-16-10-4-6-14(16)9-12-17-11-8-13-5-2-3-7-15(13)17/h2-3,5,7,11,14H,4,6,9-10,12H2,1H3. The van der Waals surface area contributed by atoms with Crippen LogP contribution in [0.4, 0.5) is 0 Å². The highest BCUT2D eigenvalue weighted by Gasteiger charge is 2.20. The molecule has 1 radical (unpaired) electrons. The highest BCUT2D eigenvalue weighted by Crippen LogP contribution is 2.20. The second kappa shape index (κ2) is 4.53. The van der Waals surface area contributed by atoms with Gasteiger partial charge in [0.05, 0.1) is 0 Å². The van der Waals surface area contributed by atoms with Crippen LogP contribution in [0.2, 0.25) is 0 Å². The number of aromatic nitrogens is 1. The molecule has 1 aromatic carbocycles. The highest BCUT2D eigenvalue weighted by atomic mass is 15.1. The number of hydrogen-bond acceptors (Lipinski definition) is 1. The second-order valence-electron chi connectivity index (χ2n) is 5.05. The molecule has 1 aromatic heterocycles. The van der Waals surface area contributed by atoms with Crippen molar-refractivity contribution in [3.63, 3.8) is 0 Å². The summed E-state index contributed by atoms with van der Waals surface area (Å²) in [5, 5.41) is 1.23. The Morgan fingerprint density at radius 2 is 2.24 bits per heavy atom. The zero-order valence-electron chi connectivity index (χ0n) is 10.4. The predicted molar refractivity (Wildman–Crippen MR) is 71.0 cm³/mol. The monoisotopic (exact) mass is 227 g/mol. The molecule has 0 N–H and O–H groups in total. The van der Waals surface area contributed by atoms with Crippen LogP contribution in [0.5, 0.6) is 0 Å². The summed E-state index contributed by atoms with van der Waals surface area (Å²) in [4.78, 5) is 2.50. The van der Waals surface area contributed by atoms with Crippen molar-refractivity contribution in [3.8, 4) is 0 Å². The quantitative estimate of drug-likeness (QED) is 0.782. The summed E-state index contributed by atoms with van der Waals surface area (Å²) in [5.74, 6) is 0. The minimum Gasteiger partial charge on any atom is -0.347 e. The third-order valence-corrected chi connectivity index (χ3v) is 3.96. The topological polar surface area (TPSA) is 8.17 Å². The van der Waals surface area contributed by atoms with Crippen molar-refractivity contribution in [2.75, 3.05) is 13.6 Å². The highest BCUT2D eigenvalue weighted by molar-refractivity contribution is 5.79. The summed E-state index contributed by atoms with van der Waals surface area (Å²) in [6, 6.07) is 12.6. The Balaban J connectivity index is 1.72. The Morgan fingerprint density at radius 1 is 1.35 bits per heavy atom. The van der Waals surface area contributed by atoms with Crippen molar-refractivity contribution < 1.29 is 0 Å². The molecule has 2 heteroatoms. The lowest BCUT2D eigenvalue weighted by Crippen LogP contribution is -2.25. The maximum absolute atomic E-state index is 3.32. The van der Waals surface area contributed by atoms with E-state index in [0.717, 1.165) is 12.6 Å². The average Bonchev–Trinajstić information content (AvgIpc) is 2.93. The van der Waals surface area contributed by atoms with Gasteiger partial charge < -0.3 is 9.47 Å². The molecule has 1 saturated heterocycles. The summed E-state index contributed by atoms with van der Waals surface area (Å²) >= 11 is 0. The van der Waals surface area contributed by atoms with E-state index in [9.17, 15) is 0 Å². The number of rotatable bonds is 3. The van der Waals surface area contributed by atoms with E-state index in [4.69, 9.17) is 0 Å². The summed E-state index contributed by atoms with van der Waals surface area (Å²) in [5.41, 5.74) is 1.31. The van der Waals surface area contributed by atoms with Crippen LogP contribution in [0, 0.1) is 6.07 Å². The van der Waals surface area contributed by atoms with Crippen LogP contribution < -0.4 is 0 Å². The molecule has 17 heavy (non-hydrogen) atoms. The molecular weight excluding hydrogens is 208 g/mol. The van der Waals surface area contributed by atoms with Crippen LogP contribution >= 0.6 is 0 Å². The first-order chi connectivity index (χ1) is 8.34. The lowest BCUT2D eigenvalue weighted by Gasteiger charge is -2.19. The zero-order chi connectivity index (χ0) is 11.7.